The Balaban J connectivity index is 2.33. The fraction of sp³-hybridized carbons (Fsp3) is 0.684. The van der Waals surface area contributed by atoms with Crippen molar-refractivity contribution >= 4 is 8.32 Å². The van der Waals surface area contributed by atoms with Gasteiger partial charge < -0.3 is 4.43 Å². The molecular weight excluding hydrogens is 272 g/mol. The van der Waals surface area contributed by atoms with Crippen LogP contribution in [0.15, 0.2) is 24.3 Å². The average molecular weight is 305 g/mol. The lowest BCUT2D eigenvalue weighted by Crippen LogP contribution is -2.44. The van der Waals surface area contributed by atoms with Crippen LogP contribution in [0.4, 0.5) is 0 Å². The summed E-state index contributed by atoms with van der Waals surface area (Å²) in [6.45, 7) is 14.0. The van der Waals surface area contributed by atoms with Crippen LogP contribution in [0, 0.1) is 0 Å². The minimum Gasteiger partial charge on any atom is -0.543 e. The maximum Gasteiger partial charge on any atom is 0.250 e. The van der Waals surface area contributed by atoms with Crippen molar-refractivity contribution in [3.05, 3.63) is 29.8 Å². The van der Waals surface area contributed by atoms with Crippen LogP contribution in [-0.2, 0) is 5.41 Å². The fourth-order valence-electron chi connectivity index (χ4n) is 3.08. The topological polar surface area (TPSA) is 9.23 Å². The summed E-state index contributed by atoms with van der Waals surface area (Å²) in [6.07, 6.45) is 6.69. The molecule has 0 spiro atoms. The monoisotopic (exact) mass is 304 g/mol. The number of benzene rings is 1. The SMILES string of the molecule is CC1(c2ccccc2O[Si](C)(C)C(C)(C)C)CCCCC1. The Bertz CT molecular complexity index is 479. The summed E-state index contributed by atoms with van der Waals surface area (Å²) >= 11 is 0. The lowest BCUT2D eigenvalue weighted by molar-refractivity contribution is 0.312. The molecule has 2 rings (SSSR count). The van der Waals surface area contributed by atoms with Gasteiger partial charge in [0.05, 0.1) is 0 Å². The molecule has 1 aromatic rings. The minimum atomic E-state index is -1.77. The maximum atomic E-state index is 6.65. The Hall–Kier alpha value is -0.763. The summed E-state index contributed by atoms with van der Waals surface area (Å²) in [4.78, 5) is 0. The molecule has 1 aromatic carbocycles. The van der Waals surface area contributed by atoms with Crippen molar-refractivity contribution in [2.75, 3.05) is 0 Å². The van der Waals surface area contributed by atoms with Gasteiger partial charge in [-0.1, -0.05) is 65.2 Å². The third-order valence-electron chi connectivity index (χ3n) is 5.67. The first-order valence-corrected chi connectivity index (χ1v) is 11.4. The Morgan fingerprint density at radius 3 is 2.14 bits per heavy atom. The predicted molar refractivity (Wildman–Crippen MR) is 94.7 cm³/mol. The van der Waals surface area contributed by atoms with Crippen molar-refractivity contribution in [2.24, 2.45) is 0 Å². The molecule has 0 atom stereocenters. The van der Waals surface area contributed by atoms with Gasteiger partial charge in [0.2, 0.25) is 8.32 Å². The van der Waals surface area contributed by atoms with Crippen LogP contribution in [0.25, 0.3) is 0 Å². The van der Waals surface area contributed by atoms with Crippen molar-refractivity contribution in [3.8, 4) is 5.75 Å². The molecule has 1 fully saturated rings. The Morgan fingerprint density at radius 1 is 1.00 bits per heavy atom. The highest BCUT2D eigenvalue weighted by Gasteiger charge is 2.40. The van der Waals surface area contributed by atoms with Crippen molar-refractivity contribution < 1.29 is 4.43 Å². The molecule has 118 valence electrons. The van der Waals surface area contributed by atoms with Crippen LogP contribution < -0.4 is 4.43 Å². The van der Waals surface area contributed by atoms with Gasteiger partial charge in [-0.3, -0.25) is 0 Å². The van der Waals surface area contributed by atoms with E-state index in [0.717, 1.165) is 5.75 Å². The summed E-state index contributed by atoms with van der Waals surface area (Å²) < 4.78 is 6.65. The first kappa shape index (κ1) is 16.6. The van der Waals surface area contributed by atoms with E-state index < -0.39 is 8.32 Å². The van der Waals surface area contributed by atoms with Gasteiger partial charge in [-0.25, -0.2) is 0 Å². The van der Waals surface area contributed by atoms with Gasteiger partial charge in [-0.05, 0) is 48.0 Å². The van der Waals surface area contributed by atoms with Crippen LogP contribution in [0.3, 0.4) is 0 Å². The molecule has 0 amide bonds. The van der Waals surface area contributed by atoms with Gasteiger partial charge in [0, 0.05) is 0 Å². The van der Waals surface area contributed by atoms with Crippen LogP contribution >= 0.6 is 0 Å². The van der Waals surface area contributed by atoms with Gasteiger partial charge >= 0.3 is 0 Å². The van der Waals surface area contributed by atoms with Crippen molar-refractivity contribution in [1.29, 1.82) is 0 Å². The van der Waals surface area contributed by atoms with E-state index in [0.29, 0.717) is 5.41 Å². The molecule has 1 aliphatic rings. The van der Waals surface area contributed by atoms with Crippen molar-refractivity contribution in [3.63, 3.8) is 0 Å². The standard InChI is InChI=1S/C19H32OSi/c1-18(2,3)21(5,6)20-17-13-9-8-12-16(17)19(4)14-10-7-11-15-19/h8-9,12-13H,7,10-11,14-15H2,1-6H3. The third kappa shape index (κ3) is 3.53. The summed E-state index contributed by atoms with van der Waals surface area (Å²) in [5.74, 6) is 1.15. The smallest absolute Gasteiger partial charge is 0.250 e. The summed E-state index contributed by atoms with van der Waals surface area (Å²) in [6, 6.07) is 8.79. The van der Waals surface area contributed by atoms with Gasteiger partial charge in [0.25, 0.3) is 0 Å². The third-order valence-corrected chi connectivity index (χ3v) is 10.0. The molecule has 0 aromatic heterocycles. The zero-order valence-corrected chi connectivity index (χ0v) is 15.8. The molecule has 2 heteroatoms. The number of rotatable bonds is 3. The zero-order valence-electron chi connectivity index (χ0n) is 14.8. The molecule has 1 aliphatic carbocycles. The normalized spacial score (nSPS) is 19.3. The van der Waals surface area contributed by atoms with Crippen LogP contribution in [0.2, 0.25) is 18.1 Å². The largest absolute Gasteiger partial charge is 0.543 e. The molecule has 21 heavy (non-hydrogen) atoms. The molecule has 0 unspecified atom stereocenters. The van der Waals surface area contributed by atoms with Gasteiger partial charge in [-0.15, -0.1) is 0 Å². The second kappa shape index (κ2) is 5.79. The van der Waals surface area contributed by atoms with Crippen LogP contribution in [0.1, 0.15) is 65.4 Å². The lowest BCUT2D eigenvalue weighted by Gasteiger charge is -2.40. The first-order chi connectivity index (χ1) is 9.66. The quantitative estimate of drug-likeness (QED) is 0.596. The molecule has 0 bridgehead atoms. The lowest BCUT2D eigenvalue weighted by atomic mass is 9.71. The van der Waals surface area contributed by atoms with Crippen molar-refractivity contribution in [1.82, 2.24) is 0 Å². The Labute approximate surface area is 132 Å². The average Bonchev–Trinajstić information content (AvgIpc) is 2.38. The molecular formula is C19H32OSi. The Kier molecular flexibility index (Phi) is 4.58. The van der Waals surface area contributed by atoms with E-state index in [4.69, 9.17) is 4.43 Å². The highest BCUT2D eigenvalue weighted by molar-refractivity contribution is 6.74. The number of para-hydroxylation sites is 1. The molecule has 0 heterocycles. The second-order valence-electron chi connectivity index (χ2n) is 8.48. The van der Waals surface area contributed by atoms with E-state index in [1.165, 1.54) is 37.7 Å². The second-order valence-corrected chi connectivity index (χ2v) is 13.2. The van der Waals surface area contributed by atoms with Crippen molar-refractivity contribution in [2.45, 2.75) is 83.3 Å². The maximum absolute atomic E-state index is 6.65. The molecule has 0 aliphatic heterocycles. The predicted octanol–water partition coefficient (Wildman–Crippen LogP) is 6.29. The molecule has 1 nitrogen and oxygen atoms in total. The van der Waals surface area contributed by atoms with E-state index >= 15 is 0 Å². The minimum absolute atomic E-state index is 0.244. The summed E-state index contributed by atoms with van der Waals surface area (Å²) in [7, 11) is -1.77. The first-order valence-electron chi connectivity index (χ1n) is 8.44. The zero-order chi connectivity index (χ0) is 15.7. The van der Waals surface area contributed by atoms with E-state index in [-0.39, 0.29) is 5.04 Å². The highest BCUT2D eigenvalue weighted by Crippen LogP contribution is 2.45. The van der Waals surface area contributed by atoms with Gasteiger partial charge in [0.15, 0.2) is 0 Å². The van der Waals surface area contributed by atoms with E-state index in [1.54, 1.807) is 0 Å². The summed E-state index contributed by atoms with van der Waals surface area (Å²) in [5.41, 5.74) is 1.74. The van der Waals surface area contributed by atoms with E-state index in [9.17, 15) is 0 Å². The van der Waals surface area contributed by atoms with E-state index in [2.05, 4.69) is 65.1 Å². The molecule has 1 saturated carbocycles. The highest BCUT2D eigenvalue weighted by atomic mass is 28.4. The number of hydrogen-bond acceptors (Lipinski definition) is 1. The van der Waals surface area contributed by atoms with Gasteiger partial charge in [-0.2, -0.15) is 0 Å². The summed E-state index contributed by atoms with van der Waals surface area (Å²) in [5, 5.41) is 0.244. The van der Waals surface area contributed by atoms with Gasteiger partial charge in [0.1, 0.15) is 5.75 Å². The number of hydrogen-bond donors (Lipinski definition) is 0. The van der Waals surface area contributed by atoms with Crippen LogP contribution in [-0.4, -0.2) is 8.32 Å². The molecule has 0 saturated heterocycles. The molecule has 0 radical (unpaired) electrons. The Morgan fingerprint density at radius 2 is 1.57 bits per heavy atom. The fourth-order valence-corrected chi connectivity index (χ4v) is 4.12. The van der Waals surface area contributed by atoms with E-state index in [1.807, 2.05) is 0 Å². The van der Waals surface area contributed by atoms with Crippen LogP contribution in [0.5, 0.6) is 5.75 Å². The molecule has 0 N–H and O–H groups in total.